The quantitative estimate of drug-likeness (QED) is 0.792. The number of nitrogens with one attached hydrogen (secondary N) is 1. The third kappa shape index (κ3) is 5.18. The standard InChI is InChI=1S/C14H17NO5S/c16-11(8-21-9-14(17)18)7-15-10-2-3-12-13(6-10)20-5-1-4-19-12/h2-3,6,15H,1,4-5,7-9H2,(H,17,18). The van der Waals surface area contributed by atoms with Crippen LogP contribution in [0.15, 0.2) is 18.2 Å². The van der Waals surface area contributed by atoms with E-state index in [4.69, 9.17) is 14.6 Å². The topological polar surface area (TPSA) is 84.9 Å². The number of fused-ring (bicyclic) bond motifs is 1. The first-order valence-electron chi connectivity index (χ1n) is 6.60. The third-order valence-electron chi connectivity index (χ3n) is 2.73. The zero-order chi connectivity index (χ0) is 15.1. The van der Waals surface area contributed by atoms with Gasteiger partial charge in [0.15, 0.2) is 17.3 Å². The number of ether oxygens (including phenoxy) is 2. The molecule has 0 bridgehead atoms. The molecule has 2 rings (SSSR count). The highest BCUT2D eigenvalue weighted by molar-refractivity contribution is 8.00. The maximum Gasteiger partial charge on any atom is 0.313 e. The summed E-state index contributed by atoms with van der Waals surface area (Å²) in [5, 5.41) is 11.5. The maximum absolute atomic E-state index is 11.6. The van der Waals surface area contributed by atoms with E-state index in [9.17, 15) is 9.59 Å². The minimum absolute atomic E-state index is 0.0478. The lowest BCUT2D eigenvalue weighted by molar-refractivity contribution is -0.133. The van der Waals surface area contributed by atoms with Crippen LogP contribution in [-0.4, -0.2) is 48.1 Å². The van der Waals surface area contributed by atoms with Gasteiger partial charge < -0.3 is 19.9 Å². The van der Waals surface area contributed by atoms with Crippen molar-refractivity contribution in [1.29, 1.82) is 0 Å². The SMILES string of the molecule is O=C(O)CSCC(=O)CNc1ccc2c(c1)OCCCO2. The zero-order valence-corrected chi connectivity index (χ0v) is 12.3. The molecule has 1 aliphatic rings. The third-order valence-corrected chi connectivity index (χ3v) is 3.70. The summed E-state index contributed by atoms with van der Waals surface area (Å²) in [6.45, 7) is 1.41. The zero-order valence-electron chi connectivity index (χ0n) is 11.5. The fourth-order valence-corrected chi connectivity index (χ4v) is 2.38. The van der Waals surface area contributed by atoms with Crippen LogP contribution >= 0.6 is 11.8 Å². The van der Waals surface area contributed by atoms with Crippen molar-refractivity contribution in [3.63, 3.8) is 0 Å². The number of carboxylic acid groups (broad SMARTS) is 1. The molecule has 1 aromatic carbocycles. The number of rotatable bonds is 7. The summed E-state index contributed by atoms with van der Waals surface area (Å²) in [6, 6.07) is 5.44. The van der Waals surface area contributed by atoms with Gasteiger partial charge in [0.25, 0.3) is 0 Å². The molecule has 1 heterocycles. The van der Waals surface area contributed by atoms with Crippen molar-refractivity contribution in [3.8, 4) is 11.5 Å². The fourth-order valence-electron chi connectivity index (χ4n) is 1.78. The van der Waals surface area contributed by atoms with E-state index in [1.54, 1.807) is 6.07 Å². The largest absolute Gasteiger partial charge is 0.490 e. The summed E-state index contributed by atoms with van der Waals surface area (Å²) in [5.41, 5.74) is 0.774. The predicted octanol–water partition coefficient (Wildman–Crippen LogP) is 1.65. The van der Waals surface area contributed by atoms with Crippen molar-refractivity contribution in [1.82, 2.24) is 0 Å². The Kier molecular flexibility index (Phi) is 5.74. The molecule has 1 aromatic rings. The summed E-state index contributed by atoms with van der Waals surface area (Å²) in [5.74, 6) is 0.545. The van der Waals surface area contributed by atoms with Crippen molar-refractivity contribution < 1.29 is 24.2 Å². The van der Waals surface area contributed by atoms with E-state index in [1.165, 1.54) is 0 Å². The predicted molar refractivity (Wildman–Crippen MR) is 80.5 cm³/mol. The fraction of sp³-hybridized carbons (Fsp3) is 0.429. The Morgan fingerprint density at radius 2 is 1.95 bits per heavy atom. The van der Waals surface area contributed by atoms with Crippen LogP contribution in [0.2, 0.25) is 0 Å². The highest BCUT2D eigenvalue weighted by Gasteiger charge is 2.11. The molecule has 0 spiro atoms. The summed E-state index contributed by atoms with van der Waals surface area (Å²) in [6.07, 6.45) is 0.844. The molecule has 0 aromatic heterocycles. The Balaban J connectivity index is 1.81. The van der Waals surface area contributed by atoms with E-state index in [-0.39, 0.29) is 23.8 Å². The average Bonchev–Trinajstić information content (AvgIpc) is 2.69. The molecule has 0 saturated carbocycles. The molecule has 1 aliphatic heterocycles. The molecule has 114 valence electrons. The van der Waals surface area contributed by atoms with Crippen LogP contribution in [0.3, 0.4) is 0 Å². The van der Waals surface area contributed by atoms with Gasteiger partial charge in [-0.25, -0.2) is 0 Å². The molecule has 0 atom stereocenters. The van der Waals surface area contributed by atoms with Gasteiger partial charge in [0.05, 0.1) is 31.3 Å². The molecule has 0 saturated heterocycles. The first kappa shape index (κ1) is 15.5. The molecule has 0 radical (unpaired) electrons. The average molecular weight is 311 g/mol. The highest BCUT2D eigenvalue weighted by atomic mass is 32.2. The van der Waals surface area contributed by atoms with Gasteiger partial charge in [-0.3, -0.25) is 9.59 Å². The number of hydrogen-bond acceptors (Lipinski definition) is 6. The van der Waals surface area contributed by atoms with Gasteiger partial charge in [-0.15, -0.1) is 11.8 Å². The van der Waals surface area contributed by atoms with Crippen LogP contribution in [0.5, 0.6) is 11.5 Å². The summed E-state index contributed by atoms with van der Waals surface area (Å²) in [4.78, 5) is 22.0. The Morgan fingerprint density at radius 3 is 2.71 bits per heavy atom. The number of carboxylic acids is 1. The number of ketones is 1. The summed E-state index contributed by atoms with van der Waals surface area (Å²) in [7, 11) is 0. The number of benzene rings is 1. The molecule has 0 fully saturated rings. The number of carbonyl (C=O) groups is 2. The Labute approximate surface area is 126 Å². The molecule has 21 heavy (non-hydrogen) atoms. The molecule has 6 nitrogen and oxygen atoms in total. The van der Waals surface area contributed by atoms with Gasteiger partial charge in [-0.05, 0) is 12.1 Å². The van der Waals surface area contributed by atoms with E-state index >= 15 is 0 Å². The van der Waals surface area contributed by atoms with Gasteiger partial charge in [0.2, 0.25) is 0 Å². The Hall–Kier alpha value is -1.89. The Bertz CT molecular complexity index is 520. The molecular weight excluding hydrogens is 294 g/mol. The van der Waals surface area contributed by atoms with Crippen LogP contribution in [0.25, 0.3) is 0 Å². The van der Waals surface area contributed by atoms with Gasteiger partial charge in [-0.1, -0.05) is 0 Å². The number of anilines is 1. The van der Waals surface area contributed by atoms with Crippen LogP contribution in [0, 0.1) is 0 Å². The summed E-state index contributed by atoms with van der Waals surface area (Å²) >= 11 is 1.10. The van der Waals surface area contributed by atoms with Crippen molar-refractivity contribution in [2.75, 3.05) is 36.6 Å². The van der Waals surface area contributed by atoms with E-state index in [1.807, 2.05) is 12.1 Å². The molecule has 0 aliphatic carbocycles. The van der Waals surface area contributed by atoms with Gasteiger partial charge >= 0.3 is 5.97 Å². The normalized spacial score (nSPS) is 13.3. The van der Waals surface area contributed by atoms with Crippen LogP contribution in [0.1, 0.15) is 6.42 Å². The minimum atomic E-state index is -0.913. The Morgan fingerprint density at radius 1 is 1.19 bits per heavy atom. The van der Waals surface area contributed by atoms with Crippen LogP contribution < -0.4 is 14.8 Å². The van der Waals surface area contributed by atoms with Crippen molar-refractivity contribution >= 4 is 29.2 Å². The molecule has 0 unspecified atom stereocenters. The van der Waals surface area contributed by atoms with Crippen LogP contribution in [-0.2, 0) is 9.59 Å². The maximum atomic E-state index is 11.6. The molecule has 0 amide bonds. The lowest BCUT2D eigenvalue weighted by atomic mass is 10.2. The monoisotopic (exact) mass is 311 g/mol. The van der Waals surface area contributed by atoms with Crippen molar-refractivity contribution in [3.05, 3.63) is 18.2 Å². The first-order chi connectivity index (χ1) is 10.1. The van der Waals surface area contributed by atoms with Crippen LogP contribution in [0.4, 0.5) is 5.69 Å². The van der Waals surface area contributed by atoms with E-state index in [2.05, 4.69) is 5.32 Å². The molecule has 7 heteroatoms. The second kappa shape index (κ2) is 7.78. The molecular formula is C14H17NO5S. The highest BCUT2D eigenvalue weighted by Crippen LogP contribution is 2.32. The number of aliphatic carboxylic acids is 1. The molecule has 2 N–H and O–H groups in total. The van der Waals surface area contributed by atoms with E-state index < -0.39 is 5.97 Å². The number of Topliss-reactive ketones (excluding diaryl/α,β-unsaturated/α-hetero) is 1. The van der Waals surface area contributed by atoms with Gasteiger partial charge in [0.1, 0.15) is 0 Å². The number of hydrogen-bond donors (Lipinski definition) is 2. The van der Waals surface area contributed by atoms with E-state index in [0.29, 0.717) is 24.7 Å². The number of carbonyl (C=O) groups excluding carboxylic acids is 1. The smallest absolute Gasteiger partial charge is 0.313 e. The van der Waals surface area contributed by atoms with Gasteiger partial charge in [-0.2, -0.15) is 0 Å². The lowest BCUT2D eigenvalue weighted by Gasteiger charge is -2.10. The summed E-state index contributed by atoms with van der Waals surface area (Å²) < 4.78 is 11.1. The van der Waals surface area contributed by atoms with Gasteiger partial charge in [0, 0.05) is 18.2 Å². The first-order valence-corrected chi connectivity index (χ1v) is 7.75. The second-order valence-electron chi connectivity index (χ2n) is 4.49. The van der Waals surface area contributed by atoms with E-state index in [0.717, 1.165) is 23.9 Å². The second-order valence-corrected chi connectivity index (χ2v) is 5.48. The number of thioether (sulfide) groups is 1. The van der Waals surface area contributed by atoms with Crippen molar-refractivity contribution in [2.24, 2.45) is 0 Å². The minimum Gasteiger partial charge on any atom is -0.490 e. The van der Waals surface area contributed by atoms with Crippen molar-refractivity contribution in [2.45, 2.75) is 6.42 Å². The lowest BCUT2D eigenvalue weighted by Crippen LogP contribution is -2.16.